The summed E-state index contributed by atoms with van der Waals surface area (Å²) in [4.78, 5) is 48.2. The summed E-state index contributed by atoms with van der Waals surface area (Å²) in [7, 11) is 1.49. The average Bonchev–Trinajstić information content (AvgIpc) is 3.23. The molecule has 0 aliphatic rings. The van der Waals surface area contributed by atoms with Gasteiger partial charge in [-0.3, -0.25) is 19.7 Å². The van der Waals surface area contributed by atoms with Crippen LogP contribution in [-0.4, -0.2) is 40.8 Å². The van der Waals surface area contributed by atoms with E-state index in [0.717, 1.165) is 0 Å². The minimum absolute atomic E-state index is 0.105. The number of nitrogens with one attached hydrogen (secondary N) is 1. The van der Waals surface area contributed by atoms with Crippen molar-refractivity contribution in [2.75, 3.05) is 13.7 Å². The molecule has 2 aromatic carbocycles. The third-order valence-electron chi connectivity index (χ3n) is 4.54. The summed E-state index contributed by atoms with van der Waals surface area (Å²) in [6.45, 7) is 1.82. The molecule has 0 aliphatic carbocycles. The first-order chi connectivity index (χ1) is 14.9. The van der Waals surface area contributed by atoms with E-state index < -0.39 is 16.7 Å². The quantitative estimate of drug-likeness (QED) is 0.271. The summed E-state index contributed by atoms with van der Waals surface area (Å²) in [5.74, 6) is -1.45. The molecule has 1 N–H and O–H groups in total. The van der Waals surface area contributed by atoms with Gasteiger partial charge in [0.15, 0.2) is 0 Å². The molecule has 1 amide bonds. The smallest absolute Gasteiger partial charge is 0.339 e. The van der Waals surface area contributed by atoms with E-state index in [1.807, 2.05) is 0 Å². The van der Waals surface area contributed by atoms with Crippen LogP contribution in [-0.2, 0) is 4.74 Å². The molecule has 0 bridgehead atoms. The second-order valence-electron chi connectivity index (χ2n) is 6.43. The zero-order valence-corrected chi connectivity index (χ0v) is 16.8. The van der Waals surface area contributed by atoms with Gasteiger partial charge in [-0.2, -0.15) is 0 Å². The molecule has 1 heterocycles. The molecular formula is C22H19N3O6. The highest BCUT2D eigenvalue weighted by Gasteiger charge is 2.23. The third-order valence-corrected chi connectivity index (χ3v) is 4.54. The van der Waals surface area contributed by atoms with Gasteiger partial charge in [-0.15, -0.1) is 0 Å². The van der Waals surface area contributed by atoms with Crippen LogP contribution in [0.25, 0.3) is 5.69 Å². The van der Waals surface area contributed by atoms with E-state index in [-0.39, 0.29) is 35.0 Å². The summed E-state index contributed by atoms with van der Waals surface area (Å²) < 4.78 is 6.49. The van der Waals surface area contributed by atoms with Gasteiger partial charge in [0.1, 0.15) is 0 Å². The molecule has 0 saturated carbocycles. The first-order valence-corrected chi connectivity index (χ1v) is 9.37. The Morgan fingerprint density at radius 2 is 1.74 bits per heavy atom. The van der Waals surface area contributed by atoms with Crippen LogP contribution in [0, 0.1) is 10.1 Å². The van der Waals surface area contributed by atoms with Crippen molar-refractivity contribution in [3.63, 3.8) is 0 Å². The Labute approximate surface area is 177 Å². The number of ether oxygens (including phenoxy) is 1. The van der Waals surface area contributed by atoms with Crippen LogP contribution in [0.2, 0.25) is 0 Å². The molecule has 0 atom stereocenters. The van der Waals surface area contributed by atoms with Crippen LogP contribution in [0.3, 0.4) is 0 Å². The second kappa shape index (κ2) is 9.04. The first kappa shape index (κ1) is 21.4. The largest absolute Gasteiger partial charge is 0.462 e. The maximum atomic E-state index is 13.2. The Kier molecular flexibility index (Phi) is 6.25. The lowest BCUT2D eigenvalue weighted by molar-refractivity contribution is -0.384. The highest BCUT2D eigenvalue weighted by atomic mass is 16.6. The molecule has 0 aliphatic heterocycles. The van der Waals surface area contributed by atoms with Crippen LogP contribution < -0.4 is 5.32 Å². The number of ketones is 1. The van der Waals surface area contributed by atoms with Crippen molar-refractivity contribution in [1.82, 2.24) is 9.88 Å². The number of hydrogen-bond donors (Lipinski definition) is 1. The monoisotopic (exact) mass is 421 g/mol. The van der Waals surface area contributed by atoms with Gasteiger partial charge in [-0.25, -0.2) is 4.79 Å². The minimum atomic E-state index is -0.614. The number of nitrogens with zero attached hydrogens (tertiary/aromatic N) is 2. The summed E-state index contributed by atoms with van der Waals surface area (Å²) in [6, 6.07) is 13.1. The van der Waals surface area contributed by atoms with Gasteiger partial charge in [0.25, 0.3) is 11.6 Å². The number of benzene rings is 2. The molecule has 3 aromatic rings. The lowest BCUT2D eigenvalue weighted by Gasteiger charge is -2.13. The SMILES string of the molecule is CCOC(=O)c1cc(C(=O)c2ccc([N+](=O)[O-])cc2)n(-c2ccccc2C(=O)NC)c1. The minimum Gasteiger partial charge on any atom is -0.462 e. The Bertz CT molecular complexity index is 1160. The van der Waals surface area contributed by atoms with Crippen LogP contribution in [0.15, 0.2) is 60.8 Å². The van der Waals surface area contributed by atoms with Gasteiger partial charge in [0.05, 0.1) is 34.0 Å². The van der Waals surface area contributed by atoms with Crippen molar-refractivity contribution in [1.29, 1.82) is 0 Å². The molecule has 9 heteroatoms. The highest BCUT2D eigenvalue weighted by Crippen LogP contribution is 2.24. The van der Waals surface area contributed by atoms with Crippen molar-refractivity contribution in [2.24, 2.45) is 0 Å². The van der Waals surface area contributed by atoms with E-state index in [2.05, 4.69) is 5.32 Å². The predicted octanol–water partition coefficient (Wildman–Crippen LogP) is 3.15. The maximum Gasteiger partial charge on any atom is 0.339 e. The number of carbonyl (C=O) groups is 3. The first-order valence-electron chi connectivity index (χ1n) is 9.37. The molecule has 1 aromatic heterocycles. The van der Waals surface area contributed by atoms with Crippen molar-refractivity contribution in [2.45, 2.75) is 6.92 Å². The number of para-hydroxylation sites is 1. The molecule has 31 heavy (non-hydrogen) atoms. The standard InChI is InChI=1S/C22H19N3O6/c1-3-31-22(28)15-12-19(20(26)14-8-10-16(11-9-14)25(29)30)24(13-15)18-7-5-4-6-17(18)21(27)23-2/h4-13H,3H2,1-2H3,(H,23,27). The number of non-ortho nitro benzene ring substituents is 1. The number of aromatic nitrogens is 1. The summed E-state index contributed by atoms with van der Waals surface area (Å²) >= 11 is 0. The van der Waals surface area contributed by atoms with Gasteiger partial charge in [-0.1, -0.05) is 12.1 Å². The topological polar surface area (TPSA) is 121 Å². The average molecular weight is 421 g/mol. The van der Waals surface area contributed by atoms with Crippen LogP contribution in [0.5, 0.6) is 0 Å². The Balaban J connectivity index is 2.16. The summed E-state index contributed by atoms with van der Waals surface area (Å²) in [6.07, 6.45) is 1.43. The van der Waals surface area contributed by atoms with Crippen molar-refractivity contribution in [3.05, 3.63) is 93.3 Å². The number of hydrogen-bond acceptors (Lipinski definition) is 6. The molecule has 158 valence electrons. The van der Waals surface area contributed by atoms with Gasteiger partial charge in [-0.05, 0) is 37.3 Å². The molecule has 9 nitrogen and oxygen atoms in total. The Hall–Kier alpha value is -4.27. The number of carbonyl (C=O) groups excluding carboxylic acids is 3. The maximum absolute atomic E-state index is 13.2. The molecule has 0 unspecified atom stereocenters. The van der Waals surface area contributed by atoms with E-state index in [9.17, 15) is 24.5 Å². The number of amides is 1. The van der Waals surface area contributed by atoms with E-state index in [1.165, 1.54) is 48.1 Å². The predicted molar refractivity (Wildman–Crippen MR) is 112 cm³/mol. The number of esters is 1. The fourth-order valence-electron chi connectivity index (χ4n) is 3.06. The van der Waals surface area contributed by atoms with Crippen LogP contribution >= 0.6 is 0 Å². The van der Waals surface area contributed by atoms with Gasteiger partial charge in [0.2, 0.25) is 5.78 Å². The van der Waals surface area contributed by atoms with E-state index >= 15 is 0 Å². The molecule has 0 saturated heterocycles. The highest BCUT2D eigenvalue weighted by molar-refractivity contribution is 6.10. The Morgan fingerprint density at radius 3 is 2.35 bits per heavy atom. The van der Waals surface area contributed by atoms with Crippen LogP contribution in [0.4, 0.5) is 5.69 Å². The Morgan fingerprint density at radius 1 is 1.06 bits per heavy atom. The van der Waals surface area contributed by atoms with E-state index in [4.69, 9.17) is 4.74 Å². The van der Waals surface area contributed by atoms with Gasteiger partial charge >= 0.3 is 5.97 Å². The van der Waals surface area contributed by atoms with Gasteiger partial charge in [0, 0.05) is 30.9 Å². The molecule has 0 fully saturated rings. The van der Waals surface area contributed by atoms with E-state index in [1.54, 1.807) is 31.2 Å². The number of nitro benzene ring substituents is 1. The molecule has 0 radical (unpaired) electrons. The molecule has 0 spiro atoms. The zero-order chi connectivity index (χ0) is 22.5. The van der Waals surface area contributed by atoms with Crippen molar-refractivity contribution < 1.29 is 24.0 Å². The number of nitro groups is 1. The summed E-state index contributed by atoms with van der Waals surface area (Å²) in [5, 5.41) is 13.4. The van der Waals surface area contributed by atoms with Crippen molar-refractivity contribution >= 4 is 23.3 Å². The second-order valence-corrected chi connectivity index (χ2v) is 6.43. The van der Waals surface area contributed by atoms with Crippen LogP contribution in [0.1, 0.15) is 43.7 Å². The van der Waals surface area contributed by atoms with E-state index in [0.29, 0.717) is 11.3 Å². The third kappa shape index (κ3) is 4.35. The fraction of sp³-hybridized carbons (Fsp3) is 0.136. The summed E-state index contributed by atoms with van der Waals surface area (Å²) in [5.41, 5.74) is 0.977. The molecule has 3 rings (SSSR count). The zero-order valence-electron chi connectivity index (χ0n) is 16.8. The van der Waals surface area contributed by atoms with Gasteiger partial charge < -0.3 is 14.6 Å². The normalized spacial score (nSPS) is 10.4. The molecular weight excluding hydrogens is 402 g/mol. The number of rotatable bonds is 7. The fourth-order valence-corrected chi connectivity index (χ4v) is 3.06. The lowest BCUT2D eigenvalue weighted by atomic mass is 10.1. The lowest BCUT2D eigenvalue weighted by Crippen LogP contribution is -2.20. The van der Waals surface area contributed by atoms with Crippen molar-refractivity contribution in [3.8, 4) is 5.69 Å².